The van der Waals surface area contributed by atoms with Crippen molar-refractivity contribution in [3.8, 4) is 5.75 Å². The Morgan fingerprint density at radius 2 is 2.31 bits per heavy atom. The molecule has 1 amide bonds. The zero-order valence-electron chi connectivity index (χ0n) is 9.13. The van der Waals surface area contributed by atoms with Gasteiger partial charge < -0.3 is 15.8 Å². The lowest BCUT2D eigenvalue weighted by Gasteiger charge is -2.06. The number of hydrogen-bond donors (Lipinski definition) is 2. The first kappa shape index (κ1) is 12.4. The molecule has 0 aliphatic heterocycles. The molecule has 88 valence electrons. The van der Waals surface area contributed by atoms with Crippen LogP contribution in [-0.2, 0) is 11.2 Å². The lowest BCUT2D eigenvalue weighted by Crippen LogP contribution is -2.31. The van der Waals surface area contributed by atoms with Crippen LogP contribution >= 0.6 is 0 Å². The zero-order chi connectivity index (χ0) is 12.0. The van der Waals surface area contributed by atoms with Crippen molar-refractivity contribution < 1.29 is 13.9 Å². The zero-order valence-corrected chi connectivity index (χ0v) is 9.13. The fourth-order valence-corrected chi connectivity index (χ4v) is 1.28. The van der Waals surface area contributed by atoms with Crippen LogP contribution in [0.2, 0.25) is 0 Å². The molecule has 5 heteroatoms. The van der Waals surface area contributed by atoms with Gasteiger partial charge in [-0.3, -0.25) is 4.79 Å². The smallest absolute Gasteiger partial charge is 0.233 e. The number of methoxy groups -OCH3 is 1. The summed E-state index contributed by atoms with van der Waals surface area (Å²) in [6, 6.07) is 4.72. The average molecular weight is 226 g/mol. The number of ether oxygens (including phenoxy) is 1. The molecule has 0 atom stereocenters. The largest absolute Gasteiger partial charge is 0.494 e. The highest BCUT2D eigenvalue weighted by molar-refractivity contribution is 5.77. The summed E-state index contributed by atoms with van der Waals surface area (Å²) in [5.74, 6) is -0.395. The third kappa shape index (κ3) is 3.51. The van der Waals surface area contributed by atoms with Crippen molar-refractivity contribution in [2.24, 2.45) is 5.73 Å². The molecule has 0 aliphatic rings. The van der Waals surface area contributed by atoms with Crippen molar-refractivity contribution in [1.29, 1.82) is 0 Å². The van der Waals surface area contributed by atoms with E-state index in [4.69, 9.17) is 10.5 Å². The first-order chi connectivity index (χ1) is 7.67. The highest BCUT2D eigenvalue weighted by atomic mass is 19.1. The van der Waals surface area contributed by atoms with Crippen molar-refractivity contribution >= 4 is 5.91 Å². The number of hydrogen-bond acceptors (Lipinski definition) is 3. The molecule has 0 saturated carbocycles. The van der Waals surface area contributed by atoms with Crippen molar-refractivity contribution in [3.05, 3.63) is 29.6 Å². The van der Waals surface area contributed by atoms with Crippen LogP contribution < -0.4 is 15.8 Å². The minimum absolute atomic E-state index is 0.0308. The van der Waals surface area contributed by atoms with Gasteiger partial charge in [-0.2, -0.15) is 0 Å². The van der Waals surface area contributed by atoms with Gasteiger partial charge in [0.1, 0.15) is 0 Å². The number of nitrogens with two attached hydrogens (primary N) is 1. The van der Waals surface area contributed by atoms with Gasteiger partial charge in [0.2, 0.25) is 5.91 Å². The van der Waals surface area contributed by atoms with Crippen LogP contribution in [0, 0.1) is 5.82 Å². The van der Waals surface area contributed by atoms with E-state index in [9.17, 15) is 9.18 Å². The predicted octanol–water partition coefficient (Wildman–Crippen LogP) is 0.452. The molecule has 0 radical (unpaired) electrons. The maximum atomic E-state index is 13.3. The molecule has 0 aliphatic carbocycles. The van der Waals surface area contributed by atoms with Crippen molar-refractivity contribution in [1.82, 2.24) is 5.32 Å². The molecule has 1 aromatic rings. The summed E-state index contributed by atoms with van der Waals surface area (Å²) in [6.45, 7) is 0.415. The predicted molar refractivity (Wildman–Crippen MR) is 58.7 cm³/mol. The molecule has 1 rings (SSSR count). The molecular formula is C11H15FN2O2. The molecule has 0 fully saturated rings. The number of amides is 1. The molecule has 0 unspecified atom stereocenters. The Hall–Kier alpha value is -1.62. The third-order valence-electron chi connectivity index (χ3n) is 2.14. The third-order valence-corrected chi connectivity index (χ3v) is 2.14. The van der Waals surface area contributed by atoms with Crippen LogP contribution in [0.15, 0.2) is 18.2 Å². The number of benzene rings is 1. The second kappa shape index (κ2) is 6.07. The molecular weight excluding hydrogens is 211 g/mol. The van der Waals surface area contributed by atoms with Gasteiger partial charge in [0.25, 0.3) is 0 Å². The monoisotopic (exact) mass is 226 g/mol. The molecule has 3 N–H and O–H groups in total. The average Bonchev–Trinajstić information content (AvgIpc) is 2.29. The molecule has 0 saturated heterocycles. The second-order valence-electron chi connectivity index (χ2n) is 3.27. The topological polar surface area (TPSA) is 64.3 Å². The fraction of sp³-hybridized carbons (Fsp3) is 0.364. The second-order valence-corrected chi connectivity index (χ2v) is 3.27. The summed E-state index contributed by atoms with van der Waals surface area (Å²) in [5.41, 5.74) is 5.93. The molecule has 4 nitrogen and oxygen atoms in total. The maximum Gasteiger partial charge on any atom is 0.233 e. The van der Waals surface area contributed by atoms with Crippen LogP contribution in [0.5, 0.6) is 5.75 Å². The maximum absolute atomic E-state index is 13.3. The Balaban J connectivity index is 2.49. The Kier molecular flexibility index (Phi) is 4.72. The van der Waals surface area contributed by atoms with E-state index in [1.807, 2.05) is 0 Å². The van der Waals surface area contributed by atoms with Gasteiger partial charge in [-0.15, -0.1) is 0 Å². The molecule has 16 heavy (non-hydrogen) atoms. The standard InChI is InChI=1S/C11H15FN2O2/c1-16-10-3-2-8(6-9(10)12)4-5-14-11(15)7-13/h2-3,6H,4-5,7,13H2,1H3,(H,14,15). The number of nitrogens with one attached hydrogen (secondary N) is 1. The van der Waals surface area contributed by atoms with Gasteiger partial charge >= 0.3 is 0 Å². The van der Waals surface area contributed by atoms with E-state index in [1.165, 1.54) is 13.2 Å². The van der Waals surface area contributed by atoms with E-state index in [-0.39, 0.29) is 18.2 Å². The molecule has 0 heterocycles. The lowest BCUT2D eigenvalue weighted by atomic mass is 10.1. The van der Waals surface area contributed by atoms with E-state index in [1.54, 1.807) is 12.1 Å². The van der Waals surface area contributed by atoms with E-state index >= 15 is 0 Å². The minimum Gasteiger partial charge on any atom is -0.494 e. The van der Waals surface area contributed by atoms with Crippen LogP contribution in [0.1, 0.15) is 5.56 Å². The van der Waals surface area contributed by atoms with Gasteiger partial charge in [-0.1, -0.05) is 6.07 Å². The van der Waals surface area contributed by atoms with E-state index in [2.05, 4.69) is 5.32 Å². The van der Waals surface area contributed by atoms with E-state index in [0.717, 1.165) is 5.56 Å². The van der Waals surface area contributed by atoms with Gasteiger partial charge in [-0.25, -0.2) is 4.39 Å². The summed E-state index contributed by atoms with van der Waals surface area (Å²) >= 11 is 0. The summed E-state index contributed by atoms with van der Waals surface area (Å²) in [7, 11) is 1.42. The Bertz CT molecular complexity index is 369. The normalized spacial score (nSPS) is 9.94. The highest BCUT2D eigenvalue weighted by Gasteiger charge is 2.03. The summed E-state index contributed by atoms with van der Waals surface area (Å²) in [5, 5.41) is 2.61. The molecule has 0 aromatic heterocycles. The summed E-state index contributed by atoms with van der Waals surface area (Å²) < 4.78 is 18.1. The van der Waals surface area contributed by atoms with Gasteiger partial charge in [-0.05, 0) is 24.1 Å². The molecule has 1 aromatic carbocycles. The van der Waals surface area contributed by atoms with Gasteiger partial charge in [0.15, 0.2) is 11.6 Å². The van der Waals surface area contributed by atoms with Crippen molar-refractivity contribution in [2.45, 2.75) is 6.42 Å². The van der Waals surface area contributed by atoms with Crippen molar-refractivity contribution in [2.75, 3.05) is 20.2 Å². The first-order valence-corrected chi connectivity index (χ1v) is 4.96. The van der Waals surface area contributed by atoms with Gasteiger partial charge in [0, 0.05) is 6.54 Å². The van der Waals surface area contributed by atoms with Gasteiger partial charge in [0.05, 0.1) is 13.7 Å². The summed E-state index contributed by atoms with van der Waals surface area (Å²) in [6.07, 6.45) is 0.562. The first-order valence-electron chi connectivity index (χ1n) is 4.96. The van der Waals surface area contributed by atoms with Crippen LogP contribution in [0.4, 0.5) is 4.39 Å². The van der Waals surface area contributed by atoms with E-state index in [0.29, 0.717) is 13.0 Å². The van der Waals surface area contributed by atoms with E-state index < -0.39 is 5.82 Å². The molecule has 0 bridgehead atoms. The SMILES string of the molecule is COc1ccc(CCNC(=O)CN)cc1F. The Morgan fingerprint density at radius 3 is 2.88 bits per heavy atom. The number of carbonyl (C=O) groups excluding carboxylic acids is 1. The van der Waals surface area contributed by atoms with Crippen LogP contribution in [0.25, 0.3) is 0 Å². The van der Waals surface area contributed by atoms with Crippen LogP contribution in [0.3, 0.4) is 0 Å². The quantitative estimate of drug-likeness (QED) is 0.766. The van der Waals surface area contributed by atoms with Crippen LogP contribution in [-0.4, -0.2) is 26.1 Å². The van der Waals surface area contributed by atoms with Crippen molar-refractivity contribution in [3.63, 3.8) is 0 Å². The molecule has 0 spiro atoms. The highest BCUT2D eigenvalue weighted by Crippen LogP contribution is 2.17. The fourth-order valence-electron chi connectivity index (χ4n) is 1.28. The minimum atomic E-state index is -0.398. The number of rotatable bonds is 5. The Labute approximate surface area is 93.6 Å². The Morgan fingerprint density at radius 1 is 1.56 bits per heavy atom. The number of halogens is 1. The lowest BCUT2D eigenvalue weighted by molar-refractivity contribution is -0.119. The number of carbonyl (C=O) groups is 1. The summed E-state index contributed by atoms with van der Waals surface area (Å²) in [4.78, 5) is 10.8.